The molecule has 0 bridgehead atoms. The topological polar surface area (TPSA) is 274 Å². The van der Waals surface area contributed by atoms with E-state index in [-0.39, 0.29) is 5.92 Å². The normalized spacial score (nSPS) is 14.4. The number of rotatable bonds is 14. The van der Waals surface area contributed by atoms with Crippen molar-refractivity contribution in [2.75, 3.05) is 0 Å². The highest BCUT2D eigenvalue weighted by Crippen LogP contribution is 2.03. The van der Waals surface area contributed by atoms with Gasteiger partial charge >= 0.3 is 11.9 Å². The number of nitrogens with two attached hydrogens (primary N) is 3. The molecule has 0 aromatic carbocycles. The largest absolute Gasteiger partial charge is 0.481 e. The van der Waals surface area contributed by atoms with Gasteiger partial charge in [0.1, 0.15) is 18.1 Å². The number of hydrogen-bond acceptors (Lipinski definition) is 8. The molecule has 0 radical (unpaired) electrons. The van der Waals surface area contributed by atoms with Gasteiger partial charge in [0.25, 0.3) is 0 Å². The molecule has 32 heavy (non-hydrogen) atoms. The molecule has 0 saturated carbocycles. The van der Waals surface area contributed by atoms with Crippen molar-refractivity contribution in [2.45, 2.75) is 57.3 Å². The molecule has 0 aliphatic heterocycles. The van der Waals surface area contributed by atoms with Gasteiger partial charge in [-0.1, -0.05) is 13.8 Å². The Kier molecular flexibility index (Phi) is 11.3. The highest BCUT2D eigenvalue weighted by Gasteiger charge is 2.32. The van der Waals surface area contributed by atoms with Crippen molar-refractivity contribution in [3.63, 3.8) is 0 Å². The zero-order valence-electron chi connectivity index (χ0n) is 17.5. The van der Waals surface area contributed by atoms with Crippen LogP contribution in [0, 0.1) is 5.92 Å². The first-order chi connectivity index (χ1) is 14.6. The smallest absolute Gasteiger partial charge is 0.326 e. The van der Waals surface area contributed by atoms with E-state index in [0.717, 1.165) is 0 Å². The van der Waals surface area contributed by atoms with Crippen LogP contribution in [0.1, 0.15) is 33.1 Å². The molecule has 0 aliphatic rings. The van der Waals surface area contributed by atoms with E-state index in [2.05, 4.69) is 10.6 Å². The van der Waals surface area contributed by atoms with Crippen molar-refractivity contribution in [1.82, 2.24) is 16.0 Å². The standard InChI is InChI=1S/C17H28N6O9/c1-6(2)13(20)16(30)22-8(4-11(19)25)14(28)21-7(3-10(18)24)15(29)23-9(17(31)32)5-12(26)27/h6-9,13H,3-5,20H2,1-2H3,(H2,18,24)(H2,19,25)(H,21,28)(H,22,30)(H,23,29)(H,26,27)(H,31,32). The summed E-state index contributed by atoms with van der Waals surface area (Å²) in [4.78, 5) is 81.6. The number of hydrogen-bond donors (Lipinski definition) is 8. The molecule has 0 heterocycles. The molecule has 180 valence electrons. The third kappa shape index (κ3) is 10.3. The number of aliphatic carboxylic acids is 2. The summed E-state index contributed by atoms with van der Waals surface area (Å²) < 4.78 is 0. The van der Waals surface area contributed by atoms with Gasteiger partial charge in [0, 0.05) is 0 Å². The number of carbonyl (C=O) groups is 7. The lowest BCUT2D eigenvalue weighted by Crippen LogP contribution is -2.58. The van der Waals surface area contributed by atoms with Gasteiger partial charge in [0.15, 0.2) is 0 Å². The third-order valence-corrected chi connectivity index (χ3v) is 4.09. The number of primary amides is 2. The van der Waals surface area contributed by atoms with Crippen LogP contribution in [0.4, 0.5) is 0 Å². The summed E-state index contributed by atoms with van der Waals surface area (Å²) in [5.74, 6) is -8.69. The molecular formula is C17H28N6O9. The number of nitrogens with one attached hydrogen (secondary N) is 3. The van der Waals surface area contributed by atoms with Crippen molar-refractivity contribution in [1.29, 1.82) is 0 Å². The Morgan fingerprint density at radius 1 is 0.688 bits per heavy atom. The van der Waals surface area contributed by atoms with Gasteiger partial charge < -0.3 is 43.4 Å². The number of carboxylic acids is 2. The van der Waals surface area contributed by atoms with E-state index in [1.165, 1.54) is 0 Å². The first-order valence-corrected chi connectivity index (χ1v) is 9.33. The van der Waals surface area contributed by atoms with E-state index < -0.39 is 84.9 Å². The lowest BCUT2D eigenvalue weighted by Gasteiger charge is -2.24. The zero-order chi connectivity index (χ0) is 25.2. The van der Waals surface area contributed by atoms with Crippen LogP contribution in [0.2, 0.25) is 0 Å². The van der Waals surface area contributed by atoms with Gasteiger partial charge in [-0.2, -0.15) is 0 Å². The summed E-state index contributed by atoms with van der Waals surface area (Å²) in [6, 6.07) is -6.20. The van der Waals surface area contributed by atoms with E-state index in [1.807, 2.05) is 5.32 Å². The molecule has 0 spiro atoms. The number of amides is 5. The van der Waals surface area contributed by atoms with Crippen LogP contribution in [0.3, 0.4) is 0 Å². The predicted octanol–water partition coefficient (Wildman–Crippen LogP) is -4.27. The minimum Gasteiger partial charge on any atom is -0.481 e. The Balaban J connectivity index is 5.58. The van der Waals surface area contributed by atoms with Crippen LogP contribution in [0.5, 0.6) is 0 Å². The van der Waals surface area contributed by atoms with Crippen molar-refractivity contribution >= 4 is 41.5 Å². The first kappa shape index (κ1) is 28.2. The van der Waals surface area contributed by atoms with Crippen molar-refractivity contribution in [2.24, 2.45) is 23.1 Å². The summed E-state index contributed by atoms with van der Waals surface area (Å²) in [6.07, 6.45) is -2.45. The molecule has 0 aromatic rings. The maximum atomic E-state index is 12.6. The monoisotopic (exact) mass is 460 g/mol. The molecule has 0 aliphatic carbocycles. The summed E-state index contributed by atoms with van der Waals surface area (Å²) in [6.45, 7) is 3.27. The van der Waals surface area contributed by atoms with Crippen molar-refractivity contribution in [3.8, 4) is 0 Å². The van der Waals surface area contributed by atoms with Crippen LogP contribution < -0.4 is 33.2 Å². The summed E-state index contributed by atoms with van der Waals surface area (Å²) >= 11 is 0. The van der Waals surface area contributed by atoms with Gasteiger partial charge in [-0.25, -0.2) is 4.79 Å². The molecule has 0 fully saturated rings. The minimum absolute atomic E-state index is 0.317. The Labute approximate surface area is 182 Å². The average molecular weight is 460 g/mol. The molecule has 4 unspecified atom stereocenters. The maximum Gasteiger partial charge on any atom is 0.326 e. The second-order valence-electron chi connectivity index (χ2n) is 7.23. The van der Waals surface area contributed by atoms with E-state index in [1.54, 1.807) is 13.8 Å². The zero-order valence-corrected chi connectivity index (χ0v) is 17.5. The molecule has 15 nitrogen and oxygen atoms in total. The maximum absolute atomic E-state index is 12.6. The quantitative estimate of drug-likeness (QED) is 0.123. The second-order valence-corrected chi connectivity index (χ2v) is 7.23. The molecule has 0 aromatic heterocycles. The van der Waals surface area contributed by atoms with Crippen LogP contribution >= 0.6 is 0 Å². The lowest BCUT2D eigenvalue weighted by atomic mass is 10.0. The fourth-order valence-electron chi connectivity index (χ4n) is 2.31. The van der Waals surface area contributed by atoms with E-state index in [4.69, 9.17) is 27.4 Å². The van der Waals surface area contributed by atoms with Crippen LogP contribution in [0.25, 0.3) is 0 Å². The SMILES string of the molecule is CC(C)C(N)C(=O)NC(CC(N)=O)C(=O)NC(CC(N)=O)C(=O)NC(CC(=O)O)C(=O)O. The van der Waals surface area contributed by atoms with E-state index in [9.17, 15) is 33.6 Å². The van der Waals surface area contributed by atoms with Gasteiger partial charge in [-0.05, 0) is 5.92 Å². The summed E-state index contributed by atoms with van der Waals surface area (Å²) in [5.41, 5.74) is 15.8. The van der Waals surface area contributed by atoms with E-state index in [0.29, 0.717) is 0 Å². The second kappa shape index (κ2) is 12.8. The molecule has 5 amide bonds. The summed E-state index contributed by atoms with van der Waals surface area (Å²) in [5, 5.41) is 23.9. The molecular weight excluding hydrogens is 432 g/mol. The fourth-order valence-corrected chi connectivity index (χ4v) is 2.31. The van der Waals surface area contributed by atoms with E-state index >= 15 is 0 Å². The summed E-state index contributed by atoms with van der Waals surface area (Å²) in [7, 11) is 0. The average Bonchev–Trinajstić information content (AvgIpc) is 2.64. The van der Waals surface area contributed by atoms with Crippen LogP contribution in [0.15, 0.2) is 0 Å². The molecule has 0 rings (SSSR count). The Hall–Kier alpha value is -3.75. The predicted molar refractivity (Wildman–Crippen MR) is 106 cm³/mol. The van der Waals surface area contributed by atoms with Crippen molar-refractivity contribution in [3.05, 3.63) is 0 Å². The number of carboxylic acid groups (broad SMARTS) is 2. The molecule has 11 N–H and O–H groups in total. The highest BCUT2D eigenvalue weighted by molar-refractivity contribution is 5.98. The fraction of sp³-hybridized carbons (Fsp3) is 0.588. The molecule has 0 saturated heterocycles. The number of carbonyl (C=O) groups excluding carboxylic acids is 5. The lowest BCUT2D eigenvalue weighted by molar-refractivity contribution is -0.147. The van der Waals surface area contributed by atoms with Crippen molar-refractivity contribution < 1.29 is 43.8 Å². The third-order valence-electron chi connectivity index (χ3n) is 4.09. The molecule has 15 heteroatoms. The Morgan fingerprint density at radius 3 is 1.38 bits per heavy atom. The highest BCUT2D eigenvalue weighted by atomic mass is 16.4. The Bertz CT molecular complexity index is 770. The minimum atomic E-state index is -1.86. The first-order valence-electron chi connectivity index (χ1n) is 9.33. The van der Waals surface area contributed by atoms with Crippen LogP contribution in [-0.2, 0) is 33.6 Å². The van der Waals surface area contributed by atoms with Gasteiger partial charge in [0.05, 0.1) is 25.3 Å². The van der Waals surface area contributed by atoms with Gasteiger partial charge in [0.2, 0.25) is 29.5 Å². The Morgan fingerprint density at radius 2 is 1.06 bits per heavy atom. The van der Waals surface area contributed by atoms with Gasteiger partial charge in [-0.3, -0.25) is 28.8 Å². The van der Waals surface area contributed by atoms with Crippen LogP contribution in [-0.4, -0.2) is 75.9 Å². The molecule has 4 atom stereocenters. The van der Waals surface area contributed by atoms with Gasteiger partial charge in [-0.15, -0.1) is 0 Å².